The van der Waals surface area contributed by atoms with Gasteiger partial charge in [-0.15, -0.1) is 0 Å². The van der Waals surface area contributed by atoms with Crippen LogP contribution in [0.3, 0.4) is 0 Å². The van der Waals surface area contributed by atoms with Gasteiger partial charge in [-0.25, -0.2) is 0 Å². The van der Waals surface area contributed by atoms with Crippen molar-refractivity contribution in [2.75, 3.05) is 6.61 Å². The van der Waals surface area contributed by atoms with Crippen molar-refractivity contribution in [2.24, 2.45) is 0 Å². The molecule has 2 rings (SSSR count). The van der Waals surface area contributed by atoms with Gasteiger partial charge in [-0.1, -0.05) is 15.9 Å². The summed E-state index contributed by atoms with van der Waals surface area (Å²) < 4.78 is 6.74. The van der Waals surface area contributed by atoms with Crippen molar-refractivity contribution in [3.05, 3.63) is 28.2 Å². The summed E-state index contributed by atoms with van der Waals surface area (Å²) in [5, 5.41) is 12.7. The van der Waals surface area contributed by atoms with Crippen molar-refractivity contribution >= 4 is 15.9 Å². The average molecular weight is 314 g/mol. The Kier molecular flexibility index (Phi) is 5.03. The van der Waals surface area contributed by atoms with Crippen molar-refractivity contribution in [2.45, 2.75) is 44.9 Å². The van der Waals surface area contributed by atoms with Crippen LogP contribution in [0.4, 0.5) is 0 Å². The van der Waals surface area contributed by atoms with Crippen LogP contribution in [0.25, 0.3) is 0 Å². The lowest BCUT2D eigenvalue weighted by Crippen LogP contribution is -2.15. The van der Waals surface area contributed by atoms with Gasteiger partial charge in [0.05, 0.1) is 12.7 Å². The van der Waals surface area contributed by atoms with E-state index in [1.165, 1.54) is 18.4 Å². The van der Waals surface area contributed by atoms with Crippen LogP contribution in [0.1, 0.15) is 31.7 Å². The van der Waals surface area contributed by atoms with Gasteiger partial charge in [-0.2, -0.15) is 0 Å². The monoisotopic (exact) mass is 313 g/mol. The molecule has 0 radical (unpaired) electrons. The number of rotatable bonds is 7. The maximum atomic E-state index is 9.18. The molecule has 0 bridgehead atoms. The zero-order valence-corrected chi connectivity index (χ0v) is 12.2. The normalized spacial score (nSPS) is 16.6. The molecule has 0 amide bonds. The molecule has 1 saturated carbocycles. The minimum absolute atomic E-state index is 0.309. The van der Waals surface area contributed by atoms with Crippen LogP contribution in [0.2, 0.25) is 0 Å². The standard InChI is InChI=1S/C14H20BrNO2/c1-10(17)6-7-18-13-4-5-14(15)11(8-13)9-16-12-2-3-12/h4-5,8,10,12,16-17H,2-3,6-7,9H2,1H3. The quantitative estimate of drug-likeness (QED) is 0.813. The smallest absolute Gasteiger partial charge is 0.119 e. The Morgan fingerprint density at radius 2 is 2.28 bits per heavy atom. The highest BCUT2D eigenvalue weighted by Gasteiger charge is 2.20. The van der Waals surface area contributed by atoms with Gasteiger partial charge >= 0.3 is 0 Å². The fraction of sp³-hybridized carbons (Fsp3) is 0.571. The van der Waals surface area contributed by atoms with Gasteiger partial charge in [0.1, 0.15) is 5.75 Å². The summed E-state index contributed by atoms with van der Waals surface area (Å²) in [5.41, 5.74) is 1.22. The van der Waals surface area contributed by atoms with Gasteiger partial charge in [0, 0.05) is 23.5 Å². The third kappa shape index (κ3) is 4.59. The van der Waals surface area contributed by atoms with Crippen LogP contribution in [-0.4, -0.2) is 23.9 Å². The van der Waals surface area contributed by atoms with Crippen LogP contribution in [-0.2, 0) is 6.54 Å². The third-order valence-corrected chi connectivity index (χ3v) is 3.75. The van der Waals surface area contributed by atoms with Gasteiger partial charge in [0.25, 0.3) is 0 Å². The maximum Gasteiger partial charge on any atom is 0.119 e. The molecule has 1 atom stereocenters. The molecule has 1 aromatic carbocycles. The van der Waals surface area contributed by atoms with Crippen LogP contribution < -0.4 is 10.1 Å². The van der Waals surface area contributed by atoms with Gasteiger partial charge in [0.2, 0.25) is 0 Å². The highest BCUT2D eigenvalue weighted by molar-refractivity contribution is 9.10. The molecule has 4 heteroatoms. The summed E-state index contributed by atoms with van der Waals surface area (Å²) in [6, 6.07) is 6.73. The molecule has 1 aliphatic carbocycles. The molecule has 3 nitrogen and oxygen atoms in total. The van der Waals surface area contributed by atoms with E-state index in [2.05, 4.69) is 27.3 Å². The summed E-state index contributed by atoms with van der Waals surface area (Å²) in [5.74, 6) is 0.867. The molecule has 1 fully saturated rings. The van der Waals surface area contributed by atoms with E-state index >= 15 is 0 Å². The molecule has 2 N–H and O–H groups in total. The van der Waals surface area contributed by atoms with Crippen LogP contribution >= 0.6 is 15.9 Å². The average Bonchev–Trinajstić information content (AvgIpc) is 3.13. The molecule has 1 aliphatic rings. The molecule has 18 heavy (non-hydrogen) atoms. The lowest BCUT2D eigenvalue weighted by molar-refractivity contribution is 0.155. The molecular weight excluding hydrogens is 294 g/mol. The zero-order valence-electron chi connectivity index (χ0n) is 10.7. The Morgan fingerprint density at radius 3 is 2.94 bits per heavy atom. The Balaban J connectivity index is 1.87. The molecule has 0 saturated heterocycles. The van der Waals surface area contributed by atoms with Crippen molar-refractivity contribution < 1.29 is 9.84 Å². The van der Waals surface area contributed by atoms with E-state index in [4.69, 9.17) is 4.74 Å². The van der Waals surface area contributed by atoms with E-state index in [1.807, 2.05) is 12.1 Å². The number of hydrogen-bond donors (Lipinski definition) is 2. The van der Waals surface area contributed by atoms with Gasteiger partial charge < -0.3 is 15.2 Å². The lowest BCUT2D eigenvalue weighted by atomic mass is 10.2. The molecule has 0 aliphatic heterocycles. The number of hydrogen-bond acceptors (Lipinski definition) is 3. The first-order valence-corrected chi connectivity index (χ1v) is 7.27. The fourth-order valence-electron chi connectivity index (χ4n) is 1.67. The number of benzene rings is 1. The fourth-order valence-corrected chi connectivity index (χ4v) is 2.05. The van der Waals surface area contributed by atoms with E-state index in [1.54, 1.807) is 6.92 Å². The Labute approximate surface area is 117 Å². The molecule has 0 aromatic heterocycles. The van der Waals surface area contributed by atoms with Crippen LogP contribution in [0, 0.1) is 0 Å². The van der Waals surface area contributed by atoms with Crippen molar-refractivity contribution in [3.8, 4) is 5.75 Å². The first kappa shape index (κ1) is 13.8. The SMILES string of the molecule is CC(O)CCOc1ccc(Br)c(CNC2CC2)c1. The predicted molar refractivity (Wildman–Crippen MR) is 75.8 cm³/mol. The number of ether oxygens (including phenoxy) is 1. The summed E-state index contributed by atoms with van der Waals surface area (Å²) >= 11 is 3.56. The molecule has 100 valence electrons. The lowest BCUT2D eigenvalue weighted by Gasteiger charge is -2.11. The van der Waals surface area contributed by atoms with Crippen LogP contribution in [0.5, 0.6) is 5.75 Å². The zero-order chi connectivity index (χ0) is 13.0. The van der Waals surface area contributed by atoms with Gasteiger partial charge in [-0.05, 0) is 43.5 Å². The predicted octanol–water partition coefficient (Wildman–Crippen LogP) is 2.85. The number of nitrogens with one attached hydrogen (secondary N) is 1. The summed E-state index contributed by atoms with van der Waals surface area (Å²) in [7, 11) is 0. The van der Waals surface area contributed by atoms with E-state index in [-0.39, 0.29) is 6.10 Å². The molecule has 0 spiro atoms. The van der Waals surface area contributed by atoms with Crippen LogP contribution in [0.15, 0.2) is 22.7 Å². The molecule has 1 unspecified atom stereocenters. The molecular formula is C14H20BrNO2. The maximum absolute atomic E-state index is 9.18. The van der Waals surface area contributed by atoms with E-state index in [0.717, 1.165) is 16.8 Å². The summed E-state index contributed by atoms with van der Waals surface area (Å²) in [6.45, 7) is 3.20. The van der Waals surface area contributed by atoms with E-state index < -0.39 is 0 Å². The Morgan fingerprint density at radius 1 is 1.50 bits per heavy atom. The van der Waals surface area contributed by atoms with Gasteiger partial charge in [0.15, 0.2) is 0 Å². The second-order valence-corrected chi connectivity index (χ2v) is 5.75. The highest BCUT2D eigenvalue weighted by atomic mass is 79.9. The van der Waals surface area contributed by atoms with E-state index in [0.29, 0.717) is 19.1 Å². The summed E-state index contributed by atoms with van der Waals surface area (Å²) in [6.07, 6.45) is 2.94. The number of aliphatic hydroxyl groups is 1. The first-order valence-electron chi connectivity index (χ1n) is 6.48. The van der Waals surface area contributed by atoms with Crippen molar-refractivity contribution in [1.82, 2.24) is 5.32 Å². The molecule has 1 aromatic rings. The Hall–Kier alpha value is -0.580. The topological polar surface area (TPSA) is 41.5 Å². The molecule has 0 heterocycles. The van der Waals surface area contributed by atoms with E-state index in [9.17, 15) is 5.11 Å². The van der Waals surface area contributed by atoms with Gasteiger partial charge in [-0.3, -0.25) is 0 Å². The largest absolute Gasteiger partial charge is 0.493 e. The summed E-state index contributed by atoms with van der Waals surface area (Å²) in [4.78, 5) is 0. The third-order valence-electron chi connectivity index (χ3n) is 2.98. The van der Waals surface area contributed by atoms with Crippen molar-refractivity contribution in [3.63, 3.8) is 0 Å². The second kappa shape index (κ2) is 6.55. The Bertz CT molecular complexity index is 391. The number of halogens is 1. The number of aliphatic hydroxyl groups excluding tert-OH is 1. The minimum Gasteiger partial charge on any atom is -0.493 e. The highest BCUT2D eigenvalue weighted by Crippen LogP contribution is 2.25. The first-order chi connectivity index (χ1) is 8.65. The minimum atomic E-state index is -0.309. The van der Waals surface area contributed by atoms with Crippen molar-refractivity contribution in [1.29, 1.82) is 0 Å². The second-order valence-electron chi connectivity index (χ2n) is 4.89.